The summed E-state index contributed by atoms with van der Waals surface area (Å²) < 4.78 is 10.7. The second kappa shape index (κ2) is 7.44. The Kier molecular flexibility index (Phi) is 5.08. The average Bonchev–Trinajstić information content (AvgIpc) is 3.27. The maximum Gasteiger partial charge on any atom is 0.244 e. The van der Waals surface area contributed by atoms with Gasteiger partial charge in [0.05, 0.1) is 18.8 Å². The third-order valence-electron chi connectivity index (χ3n) is 4.03. The molecule has 26 heavy (non-hydrogen) atoms. The highest BCUT2D eigenvalue weighted by Gasteiger charge is 2.19. The van der Waals surface area contributed by atoms with Crippen LogP contribution in [0.5, 0.6) is 11.5 Å². The van der Waals surface area contributed by atoms with Crippen LogP contribution in [0.2, 0.25) is 0 Å². The van der Waals surface area contributed by atoms with Crippen LogP contribution in [0, 0.1) is 5.92 Å². The summed E-state index contributed by atoms with van der Waals surface area (Å²) in [6, 6.07) is 4.80. The number of H-pyrrole nitrogens is 1. The molecule has 0 radical (unpaired) electrons. The van der Waals surface area contributed by atoms with E-state index in [2.05, 4.69) is 20.8 Å². The Balaban J connectivity index is 1.64. The highest BCUT2D eigenvalue weighted by atomic mass is 16.7. The van der Waals surface area contributed by atoms with Crippen molar-refractivity contribution >= 4 is 17.6 Å². The molecule has 2 amide bonds. The van der Waals surface area contributed by atoms with Crippen molar-refractivity contribution in [3.05, 3.63) is 24.4 Å². The first-order valence-corrected chi connectivity index (χ1v) is 8.22. The topological polar surface area (TPSA) is 131 Å². The van der Waals surface area contributed by atoms with Gasteiger partial charge in [-0.05, 0) is 23.6 Å². The van der Waals surface area contributed by atoms with Gasteiger partial charge in [-0.25, -0.2) is 0 Å². The Labute approximate surface area is 150 Å². The minimum Gasteiger partial charge on any atom is -0.454 e. The lowest BCUT2D eigenvalue weighted by molar-refractivity contribution is -0.125. The largest absolute Gasteiger partial charge is 0.454 e. The highest BCUT2D eigenvalue weighted by Crippen LogP contribution is 2.37. The monoisotopic (exact) mass is 359 g/mol. The lowest BCUT2D eigenvalue weighted by atomic mass is 10.1. The van der Waals surface area contributed by atoms with Crippen LogP contribution in [0.15, 0.2) is 24.4 Å². The Morgan fingerprint density at radius 1 is 1.31 bits per heavy atom. The average molecular weight is 359 g/mol. The number of hydrogen-bond acceptors (Lipinski definition) is 6. The summed E-state index contributed by atoms with van der Waals surface area (Å²) in [7, 11) is 0. The van der Waals surface area contributed by atoms with Crippen LogP contribution in [0.25, 0.3) is 11.1 Å². The van der Waals surface area contributed by atoms with Crippen molar-refractivity contribution in [3.63, 3.8) is 0 Å². The van der Waals surface area contributed by atoms with E-state index in [0.29, 0.717) is 22.9 Å². The summed E-state index contributed by atoms with van der Waals surface area (Å²) in [6.45, 7) is 3.68. The molecule has 1 aliphatic heterocycles. The number of anilines is 1. The van der Waals surface area contributed by atoms with Crippen molar-refractivity contribution in [1.82, 2.24) is 15.5 Å². The first-order chi connectivity index (χ1) is 12.5. The number of nitrogens with zero attached hydrogens (tertiary/aromatic N) is 1. The van der Waals surface area contributed by atoms with Gasteiger partial charge in [-0.2, -0.15) is 5.10 Å². The number of ether oxygens (including phenoxy) is 2. The molecule has 0 saturated carbocycles. The molecule has 2 heterocycles. The van der Waals surface area contributed by atoms with E-state index in [4.69, 9.17) is 15.2 Å². The van der Waals surface area contributed by atoms with E-state index in [9.17, 15) is 9.59 Å². The Morgan fingerprint density at radius 2 is 2.08 bits per heavy atom. The summed E-state index contributed by atoms with van der Waals surface area (Å²) in [6.07, 6.45) is 1.60. The van der Waals surface area contributed by atoms with Crippen molar-refractivity contribution in [2.24, 2.45) is 11.7 Å². The van der Waals surface area contributed by atoms with Gasteiger partial charge in [0.25, 0.3) is 0 Å². The predicted octanol–water partition coefficient (Wildman–Crippen LogP) is 0.843. The number of amides is 2. The lowest BCUT2D eigenvalue weighted by Crippen LogP contribution is -2.46. The van der Waals surface area contributed by atoms with Crippen molar-refractivity contribution in [2.75, 3.05) is 18.7 Å². The van der Waals surface area contributed by atoms with Gasteiger partial charge in [0, 0.05) is 5.56 Å². The molecule has 0 unspecified atom stereocenters. The van der Waals surface area contributed by atoms with E-state index in [1.807, 2.05) is 26.0 Å². The molecule has 2 aromatic rings. The third kappa shape index (κ3) is 3.77. The fourth-order valence-corrected chi connectivity index (χ4v) is 2.44. The van der Waals surface area contributed by atoms with Crippen LogP contribution in [-0.2, 0) is 9.59 Å². The van der Waals surface area contributed by atoms with Crippen molar-refractivity contribution in [3.8, 4) is 22.6 Å². The highest BCUT2D eigenvalue weighted by molar-refractivity contribution is 5.97. The SMILES string of the molecule is CC(C)[C@H](N)C(=O)NCC(=O)Nc1[nH]ncc1-c1ccc2c(c1)OCO2. The molecule has 5 N–H and O–H groups in total. The molecule has 138 valence electrons. The zero-order valence-corrected chi connectivity index (χ0v) is 14.5. The minimum absolute atomic E-state index is 0.0109. The molecule has 0 aliphatic carbocycles. The summed E-state index contributed by atoms with van der Waals surface area (Å²) in [5.41, 5.74) is 7.25. The predicted molar refractivity (Wildman–Crippen MR) is 94.6 cm³/mol. The molecule has 9 nitrogen and oxygen atoms in total. The first kappa shape index (κ1) is 17.7. The van der Waals surface area contributed by atoms with E-state index in [1.54, 1.807) is 12.3 Å². The first-order valence-electron chi connectivity index (χ1n) is 8.22. The molecular formula is C17H21N5O4. The summed E-state index contributed by atoms with van der Waals surface area (Å²) in [4.78, 5) is 23.9. The summed E-state index contributed by atoms with van der Waals surface area (Å²) >= 11 is 0. The zero-order valence-electron chi connectivity index (χ0n) is 14.5. The fourth-order valence-electron chi connectivity index (χ4n) is 2.44. The maximum absolute atomic E-state index is 12.1. The molecule has 3 rings (SSSR count). The van der Waals surface area contributed by atoms with Gasteiger partial charge in [0.2, 0.25) is 18.6 Å². The van der Waals surface area contributed by atoms with Gasteiger partial charge in [-0.15, -0.1) is 0 Å². The van der Waals surface area contributed by atoms with Gasteiger partial charge in [0.15, 0.2) is 11.5 Å². The van der Waals surface area contributed by atoms with Crippen molar-refractivity contribution < 1.29 is 19.1 Å². The number of nitrogens with one attached hydrogen (secondary N) is 3. The van der Waals surface area contributed by atoms with E-state index in [1.165, 1.54) is 0 Å². The van der Waals surface area contributed by atoms with Crippen LogP contribution in [-0.4, -0.2) is 41.4 Å². The summed E-state index contributed by atoms with van der Waals surface area (Å²) in [5.74, 6) is 0.971. The fraction of sp³-hybridized carbons (Fsp3) is 0.353. The number of aromatic amines is 1. The van der Waals surface area contributed by atoms with E-state index < -0.39 is 6.04 Å². The van der Waals surface area contributed by atoms with Crippen molar-refractivity contribution in [2.45, 2.75) is 19.9 Å². The van der Waals surface area contributed by atoms with Gasteiger partial charge in [-0.1, -0.05) is 19.9 Å². The summed E-state index contributed by atoms with van der Waals surface area (Å²) in [5, 5.41) is 11.9. The van der Waals surface area contributed by atoms with Crippen LogP contribution < -0.4 is 25.8 Å². The number of aromatic nitrogens is 2. The Hall–Kier alpha value is -3.07. The smallest absolute Gasteiger partial charge is 0.244 e. The lowest BCUT2D eigenvalue weighted by Gasteiger charge is -2.15. The number of nitrogens with two attached hydrogens (primary N) is 1. The van der Waals surface area contributed by atoms with Gasteiger partial charge < -0.3 is 25.8 Å². The van der Waals surface area contributed by atoms with E-state index in [-0.39, 0.29) is 31.1 Å². The van der Waals surface area contributed by atoms with E-state index >= 15 is 0 Å². The maximum atomic E-state index is 12.1. The quantitative estimate of drug-likeness (QED) is 0.604. The molecule has 0 fully saturated rings. The molecule has 0 spiro atoms. The zero-order chi connectivity index (χ0) is 18.7. The van der Waals surface area contributed by atoms with Gasteiger partial charge >= 0.3 is 0 Å². The Morgan fingerprint density at radius 3 is 2.85 bits per heavy atom. The second-order valence-corrected chi connectivity index (χ2v) is 6.26. The molecular weight excluding hydrogens is 338 g/mol. The number of carbonyl (C=O) groups is 2. The standard InChI is InChI=1S/C17H21N5O4/c1-9(2)15(18)17(24)19-7-14(23)21-16-11(6-20-22-16)10-3-4-12-13(5-10)26-8-25-12/h3-6,9,15H,7-8,18H2,1-2H3,(H,19,24)(H2,20,21,22,23)/t15-/m0/s1. The number of carbonyl (C=O) groups excluding carboxylic acids is 2. The number of rotatable bonds is 6. The molecule has 1 atom stereocenters. The van der Waals surface area contributed by atoms with E-state index in [0.717, 1.165) is 5.56 Å². The van der Waals surface area contributed by atoms with Crippen LogP contribution in [0.1, 0.15) is 13.8 Å². The number of benzene rings is 1. The molecule has 1 aromatic heterocycles. The van der Waals surface area contributed by atoms with Crippen LogP contribution in [0.3, 0.4) is 0 Å². The number of fused-ring (bicyclic) bond motifs is 1. The molecule has 1 aliphatic rings. The molecule has 0 saturated heterocycles. The van der Waals surface area contributed by atoms with Gasteiger partial charge in [0.1, 0.15) is 5.82 Å². The molecule has 0 bridgehead atoms. The van der Waals surface area contributed by atoms with Gasteiger partial charge in [-0.3, -0.25) is 14.7 Å². The Bertz CT molecular complexity index is 817. The normalized spacial score (nSPS) is 13.5. The molecule has 9 heteroatoms. The second-order valence-electron chi connectivity index (χ2n) is 6.26. The minimum atomic E-state index is -0.654. The third-order valence-corrected chi connectivity index (χ3v) is 4.03. The van der Waals surface area contributed by atoms with Crippen LogP contribution >= 0.6 is 0 Å². The van der Waals surface area contributed by atoms with Crippen LogP contribution in [0.4, 0.5) is 5.82 Å². The van der Waals surface area contributed by atoms with Crippen molar-refractivity contribution in [1.29, 1.82) is 0 Å². The number of hydrogen-bond donors (Lipinski definition) is 4. The molecule has 1 aromatic carbocycles.